The molecule has 1 aliphatic rings. The van der Waals surface area contributed by atoms with Crippen LogP contribution in [0.5, 0.6) is 0 Å². The summed E-state index contributed by atoms with van der Waals surface area (Å²) in [5.41, 5.74) is 6.27. The van der Waals surface area contributed by atoms with Crippen molar-refractivity contribution in [3.8, 4) is 0 Å². The molecule has 0 fully saturated rings. The molecule has 0 unspecified atom stereocenters. The highest BCUT2D eigenvalue weighted by Crippen LogP contribution is 2.20. The molecule has 0 aromatic heterocycles. The van der Waals surface area contributed by atoms with E-state index in [-0.39, 0.29) is 29.9 Å². The number of thioether (sulfide) groups is 1. The number of carbonyl (C=O) groups is 4. The fraction of sp³-hybridized carbons (Fsp3) is 0.400. The fourth-order valence-corrected chi connectivity index (χ4v) is 3.58. The zero-order chi connectivity index (χ0) is 23.0. The average Bonchev–Trinajstić information content (AvgIpc) is 2.71. The lowest BCUT2D eigenvalue weighted by atomic mass is 9.89. The van der Waals surface area contributed by atoms with Crippen LogP contribution in [-0.2, 0) is 25.6 Å². The van der Waals surface area contributed by atoms with Gasteiger partial charge in [-0.15, -0.1) is 11.8 Å². The Bertz CT molecular complexity index is 846. The van der Waals surface area contributed by atoms with Crippen molar-refractivity contribution in [2.45, 2.75) is 37.1 Å². The minimum Gasteiger partial charge on any atom is -0.549 e. The SMILES string of the molecule is NC(=O)[C@@H](Cc1ccccc1)NC(=O)C1=C[C@@H](NC(=O)CSCC(=O)[O-])[C@@H](O)[C@H](O)C1. The zero-order valence-electron chi connectivity index (χ0n) is 16.5. The third-order valence-electron chi connectivity index (χ3n) is 4.58. The number of primary amides is 1. The number of nitrogens with one attached hydrogen (secondary N) is 2. The second-order valence-electron chi connectivity index (χ2n) is 7.03. The smallest absolute Gasteiger partial charge is 0.247 e. The highest BCUT2D eigenvalue weighted by molar-refractivity contribution is 8.00. The third-order valence-corrected chi connectivity index (χ3v) is 5.48. The van der Waals surface area contributed by atoms with Gasteiger partial charge in [0.1, 0.15) is 12.1 Å². The summed E-state index contributed by atoms with van der Waals surface area (Å²) in [5.74, 6) is -3.87. The molecule has 0 bridgehead atoms. The zero-order valence-corrected chi connectivity index (χ0v) is 17.3. The summed E-state index contributed by atoms with van der Waals surface area (Å²) in [5, 5.41) is 35.6. The summed E-state index contributed by atoms with van der Waals surface area (Å²) in [6.07, 6.45) is -1.39. The number of carboxylic acids is 1. The van der Waals surface area contributed by atoms with Crippen LogP contribution in [0.25, 0.3) is 0 Å². The molecule has 0 saturated heterocycles. The minimum absolute atomic E-state index is 0.0739. The number of amides is 3. The molecule has 2 rings (SSSR count). The lowest BCUT2D eigenvalue weighted by Gasteiger charge is -2.31. The summed E-state index contributed by atoms with van der Waals surface area (Å²) in [4.78, 5) is 46.8. The third kappa shape index (κ3) is 7.70. The second-order valence-corrected chi connectivity index (χ2v) is 8.02. The lowest BCUT2D eigenvalue weighted by molar-refractivity contribution is -0.301. The van der Waals surface area contributed by atoms with Crippen molar-refractivity contribution < 1.29 is 34.5 Å². The topological polar surface area (TPSA) is 182 Å². The van der Waals surface area contributed by atoms with Gasteiger partial charge in [-0.25, -0.2) is 0 Å². The van der Waals surface area contributed by atoms with Crippen LogP contribution in [0.3, 0.4) is 0 Å². The van der Waals surface area contributed by atoms with Crippen molar-refractivity contribution in [2.75, 3.05) is 11.5 Å². The maximum Gasteiger partial charge on any atom is 0.247 e. The summed E-state index contributed by atoms with van der Waals surface area (Å²) in [6.45, 7) is 0. The number of aliphatic hydroxyl groups excluding tert-OH is 2. The number of aliphatic hydroxyl groups is 2. The summed E-state index contributed by atoms with van der Waals surface area (Å²) in [6, 6.07) is 6.89. The molecular weight excluding hydrogens is 426 g/mol. The number of benzene rings is 1. The van der Waals surface area contributed by atoms with E-state index in [2.05, 4.69) is 10.6 Å². The van der Waals surface area contributed by atoms with Crippen LogP contribution in [0.2, 0.25) is 0 Å². The van der Waals surface area contributed by atoms with Crippen LogP contribution in [0.4, 0.5) is 0 Å². The van der Waals surface area contributed by atoms with Crippen LogP contribution in [-0.4, -0.2) is 69.7 Å². The maximum absolute atomic E-state index is 12.7. The van der Waals surface area contributed by atoms with Gasteiger partial charge in [-0.05, 0) is 5.56 Å². The number of carboxylic acid groups (broad SMARTS) is 1. The minimum atomic E-state index is -1.36. The maximum atomic E-state index is 12.7. The van der Waals surface area contributed by atoms with Crippen LogP contribution in [0, 0.1) is 0 Å². The van der Waals surface area contributed by atoms with E-state index >= 15 is 0 Å². The van der Waals surface area contributed by atoms with Crippen molar-refractivity contribution in [3.63, 3.8) is 0 Å². The molecular formula is C20H24N3O7S-. The molecule has 31 heavy (non-hydrogen) atoms. The van der Waals surface area contributed by atoms with Crippen LogP contribution < -0.4 is 21.5 Å². The first-order valence-electron chi connectivity index (χ1n) is 9.45. The molecule has 1 aromatic carbocycles. The number of aliphatic carboxylic acids is 1. The van der Waals surface area contributed by atoms with Gasteiger partial charge in [-0.2, -0.15) is 0 Å². The molecule has 0 spiro atoms. The molecule has 168 valence electrons. The van der Waals surface area contributed by atoms with Crippen molar-refractivity contribution in [2.24, 2.45) is 5.73 Å². The first kappa shape index (κ1) is 24.4. The van der Waals surface area contributed by atoms with Crippen LogP contribution in [0.1, 0.15) is 12.0 Å². The summed E-state index contributed by atoms with van der Waals surface area (Å²) >= 11 is 0.810. The first-order valence-corrected chi connectivity index (χ1v) is 10.6. The van der Waals surface area contributed by atoms with Crippen LogP contribution in [0.15, 0.2) is 42.0 Å². The van der Waals surface area contributed by atoms with E-state index < -0.39 is 48.0 Å². The van der Waals surface area contributed by atoms with Gasteiger partial charge in [-0.3, -0.25) is 14.4 Å². The Labute approximate surface area is 182 Å². The highest BCUT2D eigenvalue weighted by Gasteiger charge is 2.34. The predicted molar refractivity (Wildman–Crippen MR) is 110 cm³/mol. The van der Waals surface area contributed by atoms with Gasteiger partial charge >= 0.3 is 0 Å². The molecule has 0 heterocycles. The standard InChI is InChI=1S/C20H25N3O7S/c21-19(29)14(6-11-4-2-1-3-5-11)23-20(30)12-7-13(18(28)15(24)8-12)22-16(25)9-31-10-17(26)27/h1-5,7,13-15,18,24,28H,6,8-10H2,(H2,21,29)(H,22,25)(H,23,30)(H,26,27)/p-1/t13-,14-,15-,18-/m1/s1. The second kappa shape index (κ2) is 11.5. The van der Waals surface area contributed by atoms with E-state index in [1.807, 2.05) is 6.07 Å². The van der Waals surface area contributed by atoms with Crippen molar-refractivity contribution in [1.82, 2.24) is 10.6 Å². The molecule has 6 N–H and O–H groups in total. The Balaban J connectivity index is 2.05. The van der Waals surface area contributed by atoms with Gasteiger partial charge in [0, 0.05) is 24.2 Å². The van der Waals surface area contributed by atoms with Gasteiger partial charge in [-0.1, -0.05) is 36.4 Å². The van der Waals surface area contributed by atoms with E-state index in [1.54, 1.807) is 24.3 Å². The van der Waals surface area contributed by atoms with Gasteiger partial charge in [0.25, 0.3) is 0 Å². The number of rotatable bonds is 10. The normalized spacial score (nSPS) is 21.5. The Morgan fingerprint density at radius 1 is 1.16 bits per heavy atom. The number of carbonyl (C=O) groups excluding carboxylic acids is 4. The van der Waals surface area contributed by atoms with E-state index in [0.717, 1.165) is 17.3 Å². The van der Waals surface area contributed by atoms with E-state index in [9.17, 15) is 34.5 Å². The van der Waals surface area contributed by atoms with Gasteiger partial charge in [0.15, 0.2) is 0 Å². The number of hydrogen-bond acceptors (Lipinski definition) is 8. The van der Waals surface area contributed by atoms with E-state index in [0.29, 0.717) is 0 Å². The fourth-order valence-electron chi connectivity index (χ4n) is 3.04. The highest BCUT2D eigenvalue weighted by atomic mass is 32.2. The predicted octanol–water partition coefficient (Wildman–Crippen LogP) is -2.78. The van der Waals surface area contributed by atoms with Crippen molar-refractivity contribution in [1.29, 1.82) is 0 Å². The summed E-state index contributed by atoms with van der Waals surface area (Å²) in [7, 11) is 0. The molecule has 0 aliphatic heterocycles. The van der Waals surface area contributed by atoms with Gasteiger partial charge in [0.05, 0.1) is 23.9 Å². The summed E-state index contributed by atoms with van der Waals surface area (Å²) < 4.78 is 0. The molecule has 0 radical (unpaired) electrons. The lowest BCUT2D eigenvalue weighted by Crippen LogP contribution is -2.52. The molecule has 4 atom stereocenters. The van der Waals surface area contributed by atoms with Gasteiger partial charge < -0.3 is 36.5 Å². The molecule has 0 saturated carbocycles. The number of nitrogens with two attached hydrogens (primary N) is 1. The Morgan fingerprint density at radius 2 is 1.84 bits per heavy atom. The molecule has 3 amide bonds. The largest absolute Gasteiger partial charge is 0.549 e. The molecule has 1 aliphatic carbocycles. The Kier molecular flexibility index (Phi) is 9.03. The molecule has 1 aromatic rings. The molecule has 11 heteroatoms. The average molecular weight is 450 g/mol. The first-order chi connectivity index (χ1) is 14.7. The quantitative estimate of drug-likeness (QED) is 0.254. The van der Waals surface area contributed by atoms with Crippen molar-refractivity contribution in [3.05, 3.63) is 47.5 Å². The monoisotopic (exact) mass is 450 g/mol. The Morgan fingerprint density at radius 3 is 2.45 bits per heavy atom. The van der Waals surface area contributed by atoms with Gasteiger partial charge in [0.2, 0.25) is 17.7 Å². The van der Waals surface area contributed by atoms with Crippen LogP contribution >= 0.6 is 11.8 Å². The van der Waals surface area contributed by atoms with E-state index in [4.69, 9.17) is 5.73 Å². The van der Waals surface area contributed by atoms with Crippen molar-refractivity contribution >= 4 is 35.5 Å². The molecule has 10 nitrogen and oxygen atoms in total. The van der Waals surface area contributed by atoms with E-state index in [1.165, 1.54) is 6.08 Å². The number of hydrogen-bond donors (Lipinski definition) is 5. The Hall–Kier alpha value is -2.89.